The molecule has 0 unspecified atom stereocenters. The van der Waals surface area contributed by atoms with E-state index in [1.807, 2.05) is 30.3 Å². The standard InChI is InChI=1S/C19H17ClN4O2S/c20-14-6-8-15(9-7-14)23-18(26)17(25)21-10-11-27-19-22-12-16(24-19)13-4-2-1-3-5-13/h1-9,12H,10-11H2,(H,21,25)(H,22,24)(H,23,26). The van der Waals surface area contributed by atoms with Crippen LogP contribution in [0, 0.1) is 0 Å². The van der Waals surface area contributed by atoms with E-state index in [1.165, 1.54) is 11.8 Å². The first kappa shape index (κ1) is 19.0. The van der Waals surface area contributed by atoms with Crippen LogP contribution in [0.4, 0.5) is 5.69 Å². The number of nitrogens with one attached hydrogen (secondary N) is 3. The van der Waals surface area contributed by atoms with Crippen LogP contribution in [0.5, 0.6) is 0 Å². The SMILES string of the molecule is O=C(NCCSc1ncc(-c2ccccc2)[nH]1)C(=O)Nc1ccc(Cl)cc1. The van der Waals surface area contributed by atoms with Crippen LogP contribution in [-0.2, 0) is 9.59 Å². The van der Waals surface area contributed by atoms with E-state index in [0.717, 1.165) is 16.4 Å². The minimum absolute atomic E-state index is 0.346. The molecule has 0 aliphatic heterocycles. The molecule has 3 aromatic rings. The van der Waals surface area contributed by atoms with Crippen molar-refractivity contribution in [2.45, 2.75) is 5.16 Å². The molecule has 1 aromatic heterocycles. The largest absolute Gasteiger partial charge is 0.347 e. The molecular weight excluding hydrogens is 384 g/mol. The van der Waals surface area contributed by atoms with Gasteiger partial charge in [-0.2, -0.15) is 0 Å². The third-order valence-electron chi connectivity index (χ3n) is 3.57. The van der Waals surface area contributed by atoms with Crippen molar-refractivity contribution in [1.29, 1.82) is 0 Å². The first-order valence-electron chi connectivity index (χ1n) is 8.20. The highest BCUT2D eigenvalue weighted by Crippen LogP contribution is 2.20. The quantitative estimate of drug-likeness (QED) is 0.335. The van der Waals surface area contributed by atoms with E-state index in [-0.39, 0.29) is 0 Å². The number of aromatic nitrogens is 2. The summed E-state index contributed by atoms with van der Waals surface area (Å²) in [6, 6.07) is 16.4. The lowest BCUT2D eigenvalue weighted by atomic mass is 10.2. The van der Waals surface area contributed by atoms with Crippen molar-refractivity contribution >= 4 is 40.9 Å². The Kier molecular flexibility index (Phi) is 6.51. The van der Waals surface area contributed by atoms with E-state index >= 15 is 0 Å². The average Bonchev–Trinajstić information content (AvgIpc) is 3.16. The smallest absolute Gasteiger partial charge is 0.313 e. The topological polar surface area (TPSA) is 86.9 Å². The summed E-state index contributed by atoms with van der Waals surface area (Å²) < 4.78 is 0. The van der Waals surface area contributed by atoms with Crippen LogP contribution in [0.2, 0.25) is 5.02 Å². The van der Waals surface area contributed by atoms with Crippen LogP contribution < -0.4 is 10.6 Å². The second-order valence-corrected chi connectivity index (χ2v) is 7.05. The van der Waals surface area contributed by atoms with E-state index in [2.05, 4.69) is 20.6 Å². The number of thioether (sulfide) groups is 1. The van der Waals surface area contributed by atoms with Crippen molar-refractivity contribution in [3.63, 3.8) is 0 Å². The first-order valence-corrected chi connectivity index (χ1v) is 9.56. The molecule has 2 amide bonds. The lowest BCUT2D eigenvalue weighted by Gasteiger charge is -2.06. The Morgan fingerprint density at radius 2 is 1.78 bits per heavy atom. The molecule has 2 aromatic carbocycles. The number of amides is 2. The highest BCUT2D eigenvalue weighted by atomic mass is 35.5. The Balaban J connectivity index is 1.41. The van der Waals surface area contributed by atoms with Gasteiger partial charge in [0.1, 0.15) is 0 Å². The fraction of sp³-hybridized carbons (Fsp3) is 0.105. The molecule has 0 aliphatic rings. The van der Waals surface area contributed by atoms with Crippen molar-refractivity contribution in [2.24, 2.45) is 0 Å². The predicted molar refractivity (Wildman–Crippen MR) is 108 cm³/mol. The number of benzene rings is 2. The minimum atomic E-state index is -0.716. The molecule has 0 saturated carbocycles. The summed E-state index contributed by atoms with van der Waals surface area (Å²) in [7, 11) is 0. The summed E-state index contributed by atoms with van der Waals surface area (Å²) >= 11 is 7.25. The van der Waals surface area contributed by atoms with Gasteiger partial charge in [-0.05, 0) is 29.8 Å². The molecule has 27 heavy (non-hydrogen) atoms. The molecule has 0 fully saturated rings. The van der Waals surface area contributed by atoms with Crippen molar-refractivity contribution in [3.8, 4) is 11.3 Å². The molecular formula is C19H17ClN4O2S. The molecule has 8 heteroatoms. The Morgan fingerprint density at radius 3 is 2.52 bits per heavy atom. The van der Waals surface area contributed by atoms with Gasteiger partial charge in [0, 0.05) is 23.0 Å². The number of hydrogen-bond acceptors (Lipinski definition) is 4. The summed E-state index contributed by atoms with van der Waals surface area (Å²) in [4.78, 5) is 31.2. The Morgan fingerprint density at radius 1 is 1.04 bits per heavy atom. The van der Waals surface area contributed by atoms with Gasteiger partial charge in [-0.3, -0.25) is 9.59 Å². The van der Waals surface area contributed by atoms with Crippen LogP contribution in [0.15, 0.2) is 66.0 Å². The molecule has 0 aliphatic carbocycles. The van der Waals surface area contributed by atoms with Crippen LogP contribution in [0.25, 0.3) is 11.3 Å². The third kappa shape index (κ3) is 5.60. The predicted octanol–water partition coefficient (Wildman–Crippen LogP) is 3.58. The molecule has 0 spiro atoms. The zero-order valence-corrected chi connectivity index (χ0v) is 15.8. The average molecular weight is 401 g/mol. The maximum Gasteiger partial charge on any atom is 0.313 e. The van der Waals surface area contributed by atoms with Crippen molar-refractivity contribution in [1.82, 2.24) is 15.3 Å². The zero-order valence-electron chi connectivity index (χ0n) is 14.2. The number of carbonyl (C=O) groups excluding carboxylic acids is 2. The third-order valence-corrected chi connectivity index (χ3v) is 4.71. The van der Waals surface area contributed by atoms with Crippen LogP contribution in [-0.4, -0.2) is 34.1 Å². The first-order chi connectivity index (χ1) is 13.1. The molecule has 0 bridgehead atoms. The molecule has 3 rings (SSSR count). The highest BCUT2D eigenvalue weighted by molar-refractivity contribution is 7.99. The summed E-state index contributed by atoms with van der Waals surface area (Å²) in [6.07, 6.45) is 1.77. The van der Waals surface area contributed by atoms with E-state index in [4.69, 9.17) is 11.6 Å². The normalized spacial score (nSPS) is 10.4. The fourth-order valence-corrected chi connectivity index (χ4v) is 3.09. The molecule has 3 N–H and O–H groups in total. The summed E-state index contributed by atoms with van der Waals surface area (Å²) in [5.74, 6) is -0.816. The summed E-state index contributed by atoms with van der Waals surface area (Å²) in [5, 5.41) is 6.41. The van der Waals surface area contributed by atoms with Crippen LogP contribution in [0.3, 0.4) is 0 Å². The number of anilines is 1. The van der Waals surface area contributed by atoms with Crippen LogP contribution >= 0.6 is 23.4 Å². The molecule has 0 atom stereocenters. The van der Waals surface area contributed by atoms with Gasteiger partial charge in [-0.15, -0.1) is 0 Å². The Bertz CT molecular complexity index is 913. The monoisotopic (exact) mass is 400 g/mol. The lowest BCUT2D eigenvalue weighted by Crippen LogP contribution is -2.36. The summed E-state index contributed by atoms with van der Waals surface area (Å²) in [6.45, 7) is 0.346. The second kappa shape index (κ2) is 9.25. The number of nitrogens with zero attached hydrogens (tertiary/aromatic N) is 1. The zero-order chi connectivity index (χ0) is 19.1. The molecule has 1 heterocycles. The summed E-state index contributed by atoms with van der Waals surface area (Å²) in [5.41, 5.74) is 2.51. The van der Waals surface area contributed by atoms with Crippen molar-refractivity contribution in [2.75, 3.05) is 17.6 Å². The lowest BCUT2D eigenvalue weighted by molar-refractivity contribution is -0.136. The molecule has 6 nitrogen and oxygen atoms in total. The van der Waals surface area contributed by atoms with E-state index < -0.39 is 11.8 Å². The van der Waals surface area contributed by atoms with Crippen molar-refractivity contribution < 1.29 is 9.59 Å². The van der Waals surface area contributed by atoms with E-state index in [0.29, 0.717) is 23.0 Å². The number of halogens is 1. The van der Waals surface area contributed by atoms with E-state index in [9.17, 15) is 9.59 Å². The Hall–Kier alpha value is -2.77. The van der Waals surface area contributed by atoms with Gasteiger partial charge < -0.3 is 15.6 Å². The maximum atomic E-state index is 11.8. The van der Waals surface area contributed by atoms with Crippen molar-refractivity contribution in [3.05, 3.63) is 65.8 Å². The second-order valence-electron chi connectivity index (χ2n) is 5.53. The van der Waals surface area contributed by atoms with Gasteiger partial charge in [0.2, 0.25) is 0 Å². The number of imidazole rings is 1. The minimum Gasteiger partial charge on any atom is -0.347 e. The van der Waals surface area contributed by atoms with E-state index in [1.54, 1.807) is 30.5 Å². The maximum absolute atomic E-state index is 11.8. The molecule has 138 valence electrons. The van der Waals surface area contributed by atoms with Gasteiger partial charge >= 0.3 is 11.8 Å². The number of aromatic amines is 1. The Labute approximate surface area is 165 Å². The number of H-pyrrole nitrogens is 1. The van der Waals surface area contributed by atoms with Gasteiger partial charge in [-0.1, -0.05) is 53.7 Å². The fourth-order valence-electron chi connectivity index (χ4n) is 2.25. The number of carbonyl (C=O) groups is 2. The highest BCUT2D eigenvalue weighted by Gasteiger charge is 2.13. The number of hydrogen-bond donors (Lipinski definition) is 3. The van der Waals surface area contributed by atoms with Gasteiger partial charge in [0.25, 0.3) is 0 Å². The number of rotatable bonds is 6. The van der Waals surface area contributed by atoms with Gasteiger partial charge in [0.05, 0.1) is 11.9 Å². The molecule has 0 saturated heterocycles. The van der Waals surface area contributed by atoms with Gasteiger partial charge in [-0.25, -0.2) is 4.98 Å². The van der Waals surface area contributed by atoms with Crippen LogP contribution in [0.1, 0.15) is 0 Å². The molecule has 0 radical (unpaired) electrons. The van der Waals surface area contributed by atoms with Gasteiger partial charge in [0.15, 0.2) is 5.16 Å².